The number of carboxylic acid groups (broad SMARTS) is 2. The summed E-state index contributed by atoms with van der Waals surface area (Å²) in [4.78, 5) is 34.9. The molecule has 8 heteroatoms. The Morgan fingerprint density at radius 2 is 1.56 bits per heavy atom. The number of carbonyl (C=O) groups is 3. The summed E-state index contributed by atoms with van der Waals surface area (Å²) in [7, 11) is 0. The first kappa shape index (κ1) is 23.2. The van der Waals surface area contributed by atoms with E-state index in [-0.39, 0.29) is 29.8 Å². The van der Waals surface area contributed by atoms with Crippen molar-refractivity contribution in [2.45, 2.75) is 53.1 Å². The molecule has 1 amide bonds. The van der Waals surface area contributed by atoms with E-state index in [0.29, 0.717) is 19.5 Å². The number of nitrogens with one attached hydrogen (secondary N) is 1. The summed E-state index contributed by atoms with van der Waals surface area (Å²) >= 11 is 0. The number of ether oxygens (including phenoxy) is 1. The van der Waals surface area contributed by atoms with Gasteiger partial charge in [0.05, 0.1) is 11.8 Å². The van der Waals surface area contributed by atoms with Crippen LogP contribution >= 0.6 is 0 Å². The summed E-state index contributed by atoms with van der Waals surface area (Å²) in [5.41, 5.74) is -0.510. The lowest BCUT2D eigenvalue weighted by Gasteiger charge is -2.35. The van der Waals surface area contributed by atoms with Crippen LogP contribution in [0.15, 0.2) is 0 Å². The topological polar surface area (TPSA) is 116 Å². The third-order valence-electron chi connectivity index (χ3n) is 4.98. The van der Waals surface area contributed by atoms with Crippen LogP contribution < -0.4 is 5.32 Å². The Morgan fingerprint density at radius 3 is 1.96 bits per heavy atom. The van der Waals surface area contributed by atoms with E-state index in [1.807, 2.05) is 34.6 Å². The zero-order chi connectivity index (χ0) is 20.8. The lowest BCUT2D eigenvalue weighted by molar-refractivity contribution is -0.145. The Kier molecular flexibility index (Phi) is 8.53. The molecule has 27 heavy (non-hydrogen) atoms. The first-order valence-corrected chi connectivity index (χ1v) is 9.56. The molecule has 0 bridgehead atoms. The number of piperidine rings is 2. The highest BCUT2D eigenvalue weighted by Gasteiger charge is 2.34. The van der Waals surface area contributed by atoms with Crippen molar-refractivity contribution in [3.8, 4) is 0 Å². The minimum absolute atomic E-state index is 0.0335. The molecule has 2 fully saturated rings. The SMILES string of the molecule is C[C@H]1CN(C(=O)OC(C)(C)C)CC[C@H]1C(=O)O.C[C@H]1CNCC[C@H]1C(=O)O. The fraction of sp³-hybridized carbons (Fsp3) is 0.842. The normalized spacial score (nSPS) is 28.6. The minimum Gasteiger partial charge on any atom is -0.481 e. The summed E-state index contributed by atoms with van der Waals surface area (Å²) in [5, 5.41) is 20.8. The van der Waals surface area contributed by atoms with E-state index >= 15 is 0 Å². The number of aliphatic carboxylic acids is 2. The van der Waals surface area contributed by atoms with Gasteiger partial charge < -0.3 is 25.2 Å². The number of hydrogen-bond donors (Lipinski definition) is 3. The predicted octanol–water partition coefficient (Wildman–Crippen LogP) is 2.28. The van der Waals surface area contributed by atoms with Crippen LogP contribution in [0.25, 0.3) is 0 Å². The van der Waals surface area contributed by atoms with Crippen LogP contribution in [0.2, 0.25) is 0 Å². The molecule has 0 aromatic carbocycles. The van der Waals surface area contributed by atoms with Crippen molar-refractivity contribution >= 4 is 18.0 Å². The van der Waals surface area contributed by atoms with E-state index in [2.05, 4.69) is 5.32 Å². The summed E-state index contributed by atoms with van der Waals surface area (Å²) in [5.74, 6) is -1.65. The van der Waals surface area contributed by atoms with Crippen LogP contribution in [0, 0.1) is 23.7 Å². The molecule has 2 rings (SSSR count). The minimum atomic E-state index is -0.777. The smallest absolute Gasteiger partial charge is 0.410 e. The van der Waals surface area contributed by atoms with E-state index in [0.717, 1.165) is 19.5 Å². The van der Waals surface area contributed by atoms with Crippen LogP contribution in [0.4, 0.5) is 4.79 Å². The lowest BCUT2D eigenvalue weighted by Crippen LogP contribution is -2.46. The first-order chi connectivity index (χ1) is 12.4. The number of likely N-dealkylation sites (tertiary alicyclic amines) is 1. The molecule has 2 saturated heterocycles. The number of carboxylic acids is 2. The standard InChI is InChI=1S/C12H21NO4.C7H13NO2/c1-8-7-13(6-5-9(8)10(14)15)11(16)17-12(2,3)4;1-5-4-8-3-2-6(5)7(9)10/h8-9H,5-7H2,1-4H3,(H,14,15);5-6,8H,2-4H2,1H3,(H,9,10)/t8-,9+;5-,6+/m00/s1. The van der Waals surface area contributed by atoms with E-state index in [9.17, 15) is 14.4 Å². The third kappa shape index (κ3) is 7.74. The van der Waals surface area contributed by atoms with Crippen molar-refractivity contribution < 1.29 is 29.3 Å². The highest BCUT2D eigenvalue weighted by Crippen LogP contribution is 2.24. The fourth-order valence-electron chi connectivity index (χ4n) is 3.39. The van der Waals surface area contributed by atoms with Crippen molar-refractivity contribution in [3.63, 3.8) is 0 Å². The first-order valence-electron chi connectivity index (χ1n) is 9.56. The van der Waals surface area contributed by atoms with Gasteiger partial charge >= 0.3 is 18.0 Å². The molecule has 2 aliphatic rings. The zero-order valence-corrected chi connectivity index (χ0v) is 17.0. The van der Waals surface area contributed by atoms with Gasteiger partial charge in [-0.05, 0) is 58.5 Å². The largest absolute Gasteiger partial charge is 0.481 e. The van der Waals surface area contributed by atoms with Gasteiger partial charge in [-0.25, -0.2) is 4.79 Å². The molecule has 0 aromatic heterocycles. The molecule has 2 aliphatic heterocycles. The van der Waals surface area contributed by atoms with Gasteiger partial charge in [-0.2, -0.15) is 0 Å². The Hall–Kier alpha value is -1.83. The average Bonchev–Trinajstić information content (AvgIpc) is 2.53. The fourth-order valence-corrected chi connectivity index (χ4v) is 3.39. The highest BCUT2D eigenvalue weighted by molar-refractivity contribution is 5.72. The summed E-state index contributed by atoms with van der Waals surface area (Å²) in [6.07, 6.45) is 0.917. The van der Waals surface area contributed by atoms with Gasteiger partial charge in [0.2, 0.25) is 0 Å². The third-order valence-corrected chi connectivity index (χ3v) is 4.98. The molecule has 0 aromatic rings. The van der Waals surface area contributed by atoms with Crippen LogP contribution in [-0.2, 0) is 14.3 Å². The zero-order valence-electron chi connectivity index (χ0n) is 17.0. The second-order valence-corrected chi connectivity index (χ2v) is 8.55. The van der Waals surface area contributed by atoms with Gasteiger partial charge in [-0.3, -0.25) is 9.59 Å². The predicted molar refractivity (Wildman–Crippen MR) is 100 cm³/mol. The maximum Gasteiger partial charge on any atom is 0.410 e. The van der Waals surface area contributed by atoms with Crippen molar-refractivity contribution in [2.75, 3.05) is 26.2 Å². The molecule has 8 nitrogen and oxygen atoms in total. The average molecular weight is 386 g/mol. The Balaban J connectivity index is 0.000000309. The molecule has 0 unspecified atom stereocenters. The molecule has 0 spiro atoms. The summed E-state index contributed by atoms with van der Waals surface area (Å²) in [6, 6.07) is 0. The van der Waals surface area contributed by atoms with Gasteiger partial charge in [0.25, 0.3) is 0 Å². The van der Waals surface area contributed by atoms with Gasteiger partial charge in [-0.1, -0.05) is 13.8 Å². The number of hydrogen-bond acceptors (Lipinski definition) is 5. The van der Waals surface area contributed by atoms with E-state index < -0.39 is 17.5 Å². The van der Waals surface area contributed by atoms with Crippen LogP contribution in [0.5, 0.6) is 0 Å². The Labute approximate surface area is 161 Å². The second kappa shape index (κ2) is 9.92. The monoisotopic (exact) mass is 386 g/mol. The molecule has 156 valence electrons. The number of amides is 1. The summed E-state index contributed by atoms with van der Waals surface area (Å²) < 4.78 is 5.26. The number of nitrogens with zero attached hydrogens (tertiary/aromatic N) is 1. The van der Waals surface area contributed by atoms with Gasteiger partial charge in [0.1, 0.15) is 5.60 Å². The van der Waals surface area contributed by atoms with E-state index in [1.165, 1.54) is 0 Å². The van der Waals surface area contributed by atoms with Gasteiger partial charge in [0.15, 0.2) is 0 Å². The molecular weight excluding hydrogens is 352 g/mol. The number of carbonyl (C=O) groups excluding carboxylic acids is 1. The van der Waals surface area contributed by atoms with E-state index in [1.54, 1.807) is 4.90 Å². The molecule has 2 heterocycles. The number of rotatable bonds is 2. The maximum absolute atomic E-state index is 11.8. The molecule has 0 saturated carbocycles. The molecule has 0 radical (unpaired) electrons. The molecular formula is C19H34N2O6. The van der Waals surface area contributed by atoms with Gasteiger partial charge in [-0.15, -0.1) is 0 Å². The van der Waals surface area contributed by atoms with Crippen LogP contribution in [0.1, 0.15) is 47.5 Å². The summed E-state index contributed by atoms with van der Waals surface area (Å²) in [6.45, 7) is 11.9. The van der Waals surface area contributed by atoms with Crippen molar-refractivity contribution in [1.29, 1.82) is 0 Å². The maximum atomic E-state index is 11.8. The quantitative estimate of drug-likeness (QED) is 0.666. The Morgan fingerprint density at radius 1 is 1.00 bits per heavy atom. The molecule has 4 atom stereocenters. The van der Waals surface area contributed by atoms with Crippen molar-refractivity contribution in [2.24, 2.45) is 23.7 Å². The highest BCUT2D eigenvalue weighted by atomic mass is 16.6. The van der Waals surface area contributed by atoms with Crippen molar-refractivity contribution in [3.05, 3.63) is 0 Å². The van der Waals surface area contributed by atoms with Crippen LogP contribution in [0.3, 0.4) is 0 Å². The molecule has 3 N–H and O–H groups in total. The lowest BCUT2D eigenvalue weighted by atomic mass is 9.87. The second-order valence-electron chi connectivity index (χ2n) is 8.55. The molecule has 0 aliphatic carbocycles. The Bertz CT molecular complexity index is 531. The van der Waals surface area contributed by atoms with Crippen molar-refractivity contribution in [1.82, 2.24) is 10.2 Å². The van der Waals surface area contributed by atoms with Gasteiger partial charge in [0, 0.05) is 13.1 Å². The van der Waals surface area contributed by atoms with Crippen LogP contribution in [-0.4, -0.2) is 64.9 Å². The van der Waals surface area contributed by atoms with E-state index in [4.69, 9.17) is 14.9 Å².